The molecule has 1 unspecified atom stereocenters. The summed E-state index contributed by atoms with van der Waals surface area (Å²) in [4.78, 5) is 28.0. The van der Waals surface area contributed by atoms with Gasteiger partial charge in [-0.05, 0) is 42.5 Å². The van der Waals surface area contributed by atoms with Crippen molar-refractivity contribution in [3.05, 3.63) is 86.3 Å². The fourth-order valence-electron chi connectivity index (χ4n) is 5.18. The van der Waals surface area contributed by atoms with Crippen LogP contribution in [0.4, 0.5) is 10.8 Å². The predicted octanol–water partition coefficient (Wildman–Crippen LogP) is 6.83. The molecular weight excluding hydrogens is 599 g/mol. The highest BCUT2D eigenvalue weighted by atomic mass is 35.5. The Bertz CT molecular complexity index is 1650. The van der Waals surface area contributed by atoms with Crippen molar-refractivity contribution < 1.29 is 9.59 Å². The van der Waals surface area contributed by atoms with E-state index in [9.17, 15) is 14.9 Å². The third-order valence-electron chi connectivity index (χ3n) is 7.00. The summed E-state index contributed by atoms with van der Waals surface area (Å²) >= 11 is 15.6. The second-order valence-corrected chi connectivity index (χ2v) is 13.6. The van der Waals surface area contributed by atoms with Crippen LogP contribution in [0.1, 0.15) is 43.7 Å². The Balaban J connectivity index is 1.50. The number of Topliss-reactive ketones (excluding diaryl/α,β-unsaturated/α-hetero) is 1. The molecule has 12 heteroatoms. The van der Waals surface area contributed by atoms with Crippen molar-refractivity contribution >= 4 is 68.8 Å². The smallest absolute Gasteiger partial charge is 0.234 e. The van der Waals surface area contributed by atoms with Crippen LogP contribution >= 0.6 is 46.3 Å². The molecule has 0 saturated heterocycles. The zero-order chi connectivity index (χ0) is 29.5. The molecule has 2 aromatic carbocycles. The highest BCUT2D eigenvalue weighted by Crippen LogP contribution is 2.52. The van der Waals surface area contributed by atoms with Gasteiger partial charge in [0.05, 0.1) is 23.3 Å². The third kappa shape index (κ3) is 5.72. The van der Waals surface area contributed by atoms with Crippen molar-refractivity contribution in [2.24, 2.45) is 11.1 Å². The highest BCUT2D eigenvalue weighted by Gasteiger charge is 2.46. The molecule has 3 aromatic rings. The van der Waals surface area contributed by atoms with Gasteiger partial charge in [-0.15, -0.1) is 10.2 Å². The molecule has 0 saturated carbocycles. The SMILES string of the molecule is Cc1ccccc1NC(=O)CSc1nnc(N2C(N)=C(C#N)C(c3c(Cl)cccc3Cl)C3=C2CC(C)(C)CC3=O)s1. The van der Waals surface area contributed by atoms with Gasteiger partial charge >= 0.3 is 0 Å². The van der Waals surface area contributed by atoms with Gasteiger partial charge in [0.25, 0.3) is 0 Å². The van der Waals surface area contributed by atoms with Crippen LogP contribution in [-0.4, -0.2) is 27.6 Å². The summed E-state index contributed by atoms with van der Waals surface area (Å²) in [6.45, 7) is 5.95. The van der Waals surface area contributed by atoms with Crippen LogP contribution in [0.5, 0.6) is 0 Å². The zero-order valence-electron chi connectivity index (χ0n) is 22.5. The first-order valence-electron chi connectivity index (χ1n) is 12.7. The molecule has 0 fully saturated rings. The summed E-state index contributed by atoms with van der Waals surface area (Å²) in [6.07, 6.45) is 0.803. The number of nitrogens with zero attached hydrogens (tertiary/aromatic N) is 4. The molecule has 1 amide bonds. The molecule has 8 nitrogen and oxygen atoms in total. The number of anilines is 2. The lowest BCUT2D eigenvalue weighted by Crippen LogP contribution is -2.42. The van der Waals surface area contributed by atoms with Crippen LogP contribution in [0.15, 0.2) is 69.5 Å². The van der Waals surface area contributed by atoms with E-state index in [0.29, 0.717) is 49.2 Å². The average molecular weight is 626 g/mol. The number of carbonyl (C=O) groups is 2. The Kier molecular flexibility index (Phi) is 8.17. The lowest BCUT2D eigenvalue weighted by Gasteiger charge is -2.42. The van der Waals surface area contributed by atoms with Gasteiger partial charge in [-0.25, -0.2) is 0 Å². The standard InChI is InChI=1S/C29H26Cl2N6O2S2/c1-15-7-4-5-10-19(15)34-22(39)14-40-28-36-35-27(41-28)37-20-11-29(2,3)12-21(38)25(20)23(16(13-32)26(37)33)24-17(30)8-6-9-18(24)31/h4-10,23H,11-12,14,33H2,1-3H3,(H,34,39). The van der Waals surface area contributed by atoms with Crippen molar-refractivity contribution in [1.82, 2.24) is 10.2 Å². The van der Waals surface area contributed by atoms with Crippen molar-refractivity contribution in [3.63, 3.8) is 0 Å². The number of benzene rings is 2. The molecular formula is C29H26Cl2N6O2S2. The topological polar surface area (TPSA) is 125 Å². The molecule has 1 atom stereocenters. The molecule has 0 bridgehead atoms. The van der Waals surface area contributed by atoms with Crippen LogP contribution < -0.4 is 16.0 Å². The second kappa shape index (κ2) is 11.5. The highest BCUT2D eigenvalue weighted by molar-refractivity contribution is 8.01. The number of hydrogen-bond donors (Lipinski definition) is 2. The van der Waals surface area contributed by atoms with E-state index < -0.39 is 5.92 Å². The molecule has 210 valence electrons. The fourth-order valence-corrected chi connectivity index (χ4v) is 7.48. The lowest BCUT2D eigenvalue weighted by molar-refractivity contribution is -0.118. The van der Waals surface area contributed by atoms with Crippen molar-refractivity contribution in [2.45, 2.75) is 43.9 Å². The summed E-state index contributed by atoms with van der Waals surface area (Å²) in [7, 11) is 0. The van der Waals surface area contributed by atoms with E-state index in [2.05, 4.69) is 21.6 Å². The third-order valence-corrected chi connectivity index (χ3v) is 9.70. The van der Waals surface area contributed by atoms with Gasteiger partial charge in [0.1, 0.15) is 5.82 Å². The van der Waals surface area contributed by atoms with E-state index in [0.717, 1.165) is 11.3 Å². The number of carbonyl (C=O) groups excluding carboxylic acids is 2. The average Bonchev–Trinajstić information content (AvgIpc) is 3.36. The van der Waals surface area contributed by atoms with Crippen molar-refractivity contribution in [1.29, 1.82) is 5.26 Å². The monoisotopic (exact) mass is 624 g/mol. The summed E-state index contributed by atoms with van der Waals surface area (Å²) < 4.78 is 0.547. The van der Waals surface area contributed by atoms with E-state index in [1.165, 1.54) is 23.1 Å². The second-order valence-electron chi connectivity index (χ2n) is 10.6. The maximum absolute atomic E-state index is 13.7. The number of aryl methyl sites for hydroxylation is 1. The number of rotatable bonds is 6. The number of halogens is 2. The van der Waals surface area contributed by atoms with Crippen molar-refractivity contribution in [3.8, 4) is 6.07 Å². The minimum absolute atomic E-state index is 0.102. The maximum atomic E-state index is 13.7. The molecule has 1 aliphatic carbocycles. The molecule has 1 aromatic heterocycles. The number of thioether (sulfide) groups is 1. The number of nitrogens with two attached hydrogens (primary N) is 1. The molecule has 2 aliphatic rings. The Morgan fingerprint density at radius 3 is 2.59 bits per heavy atom. The Morgan fingerprint density at radius 2 is 1.90 bits per heavy atom. The van der Waals surface area contributed by atoms with E-state index in [4.69, 9.17) is 28.9 Å². The van der Waals surface area contributed by atoms with Gasteiger partial charge in [0.2, 0.25) is 11.0 Å². The summed E-state index contributed by atoms with van der Waals surface area (Å²) in [5, 5.41) is 22.9. The minimum Gasteiger partial charge on any atom is -0.384 e. The van der Waals surface area contributed by atoms with E-state index in [-0.39, 0.29) is 34.3 Å². The van der Waals surface area contributed by atoms with Crippen LogP contribution in [0.2, 0.25) is 10.0 Å². The quantitative estimate of drug-likeness (QED) is 0.286. The van der Waals surface area contributed by atoms with Crippen LogP contribution in [0, 0.1) is 23.7 Å². The zero-order valence-corrected chi connectivity index (χ0v) is 25.6. The number of para-hydroxylation sites is 1. The van der Waals surface area contributed by atoms with Gasteiger partial charge in [-0.1, -0.05) is 84.4 Å². The number of nitrogens with one attached hydrogen (secondary N) is 1. The maximum Gasteiger partial charge on any atom is 0.234 e. The lowest BCUT2D eigenvalue weighted by atomic mass is 9.68. The molecule has 41 heavy (non-hydrogen) atoms. The molecule has 1 aliphatic heterocycles. The van der Waals surface area contributed by atoms with Crippen LogP contribution in [0.3, 0.4) is 0 Å². The van der Waals surface area contributed by atoms with Gasteiger partial charge in [-0.2, -0.15) is 5.26 Å². The summed E-state index contributed by atoms with van der Waals surface area (Å²) in [5.74, 6) is -0.806. The van der Waals surface area contributed by atoms with E-state index >= 15 is 0 Å². The first-order valence-corrected chi connectivity index (χ1v) is 15.3. The van der Waals surface area contributed by atoms with Gasteiger partial charge in [0.15, 0.2) is 10.1 Å². The van der Waals surface area contributed by atoms with Gasteiger partial charge in [-0.3, -0.25) is 14.5 Å². The van der Waals surface area contributed by atoms with Crippen LogP contribution in [0.25, 0.3) is 0 Å². The Labute approximate surface area is 256 Å². The number of allylic oxidation sites excluding steroid dienone is 3. The number of ketones is 1. The molecule has 0 radical (unpaired) electrons. The molecule has 3 N–H and O–H groups in total. The number of nitriles is 1. The summed E-state index contributed by atoms with van der Waals surface area (Å²) in [5.41, 5.74) is 9.77. The minimum atomic E-state index is -0.803. The molecule has 2 heterocycles. The Hall–Kier alpha value is -3.36. The van der Waals surface area contributed by atoms with Gasteiger partial charge in [0, 0.05) is 39.0 Å². The van der Waals surface area contributed by atoms with Crippen LogP contribution in [-0.2, 0) is 9.59 Å². The van der Waals surface area contributed by atoms with E-state index in [1.54, 1.807) is 23.1 Å². The Morgan fingerprint density at radius 1 is 1.20 bits per heavy atom. The fraction of sp³-hybridized carbons (Fsp3) is 0.276. The molecule has 5 rings (SSSR count). The number of hydrogen-bond acceptors (Lipinski definition) is 9. The first-order chi connectivity index (χ1) is 19.5. The predicted molar refractivity (Wildman–Crippen MR) is 164 cm³/mol. The number of amides is 1. The largest absolute Gasteiger partial charge is 0.384 e. The molecule has 0 spiro atoms. The first kappa shape index (κ1) is 29.1. The van der Waals surface area contributed by atoms with Crippen molar-refractivity contribution in [2.75, 3.05) is 16.0 Å². The number of aromatic nitrogens is 2. The summed E-state index contributed by atoms with van der Waals surface area (Å²) in [6, 6.07) is 14.8. The van der Waals surface area contributed by atoms with Gasteiger partial charge < -0.3 is 11.1 Å². The normalized spacial score (nSPS) is 18.3. The van der Waals surface area contributed by atoms with E-state index in [1.807, 2.05) is 45.0 Å².